The van der Waals surface area contributed by atoms with Gasteiger partial charge in [-0.1, -0.05) is 12.2 Å². The highest BCUT2D eigenvalue weighted by atomic mass is 32.1. The molecule has 2 N–H and O–H groups in total. The van der Waals surface area contributed by atoms with Crippen molar-refractivity contribution in [1.29, 1.82) is 0 Å². The van der Waals surface area contributed by atoms with Gasteiger partial charge in [0.1, 0.15) is 17.3 Å². The average Bonchev–Trinajstić information content (AvgIpc) is 2.81. The summed E-state index contributed by atoms with van der Waals surface area (Å²) < 4.78 is 45.9. The fourth-order valence-corrected chi connectivity index (χ4v) is 1.87. The molecule has 0 bridgehead atoms. The Morgan fingerprint density at radius 3 is 2.67 bits per heavy atom. The number of hydrogen-bond donors (Lipinski definition) is 1. The van der Waals surface area contributed by atoms with Crippen molar-refractivity contribution in [2.24, 2.45) is 12.8 Å². The molecule has 1 aromatic carbocycles. The predicted molar refractivity (Wildman–Crippen MR) is 74.9 cm³/mol. The van der Waals surface area contributed by atoms with Crippen LogP contribution in [0, 0.1) is 0 Å². The average molecular weight is 315 g/mol. The van der Waals surface area contributed by atoms with Crippen molar-refractivity contribution in [2.75, 3.05) is 0 Å². The lowest BCUT2D eigenvalue weighted by Gasteiger charge is -2.14. The van der Waals surface area contributed by atoms with Gasteiger partial charge in [0.25, 0.3) is 0 Å². The molecule has 0 saturated carbocycles. The molecular formula is C13H12F3N3OS. The van der Waals surface area contributed by atoms with E-state index in [1.807, 2.05) is 0 Å². The quantitative estimate of drug-likeness (QED) is 0.881. The minimum absolute atomic E-state index is 0.0106. The number of thiocarbonyl (C=S) groups is 1. The van der Waals surface area contributed by atoms with Crippen molar-refractivity contribution in [3.63, 3.8) is 0 Å². The summed E-state index contributed by atoms with van der Waals surface area (Å²) in [5.74, 6) is -0.272. The molecule has 0 saturated heterocycles. The van der Waals surface area contributed by atoms with Crippen LogP contribution in [0.2, 0.25) is 0 Å². The smallest absolute Gasteiger partial charge is 0.419 e. The van der Waals surface area contributed by atoms with Crippen molar-refractivity contribution in [1.82, 2.24) is 9.78 Å². The SMILES string of the molecule is Cn1cc(COc2ccc(C(N)=S)cc2C(F)(F)F)cn1. The van der Waals surface area contributed by atoms with E-state index >= 15 is 0 Å². The maximum Gasteiger partial charge on any atom is 0.419 e. The maximum atomic E-state index is 13.0. The Hall–Kier alpha value is -2.09. The highest BCUT2D eigenvalue weighted by molar-refractivity contribution is 7.80. The van der Waals surface area contributed by atoms with Gasteiger partial charge in [-0.05, 0) is 18.2 Å². The lowest BCUT2D eigenvalue weighted by atomic mass is 10.1. The van der Waals surface area contributed by atoms with E-state index in [9.17, 15) is 13.2 Å². The number of aryl methyl sites for hydroxylation is 1. The molecule has 112 valence electrons. The van der Waals surface area contributed by atoms with Gasteiger partial charge in [0.2, 0.25) is 0 Å². The zero-order valence-corrected chi connectivity index (χ0v) is 11.8. The Balaban J connectivity index is 2.27. The first-order valence-corrected chi connectivity index (χ1v) is 6.29. The van der Waals surface area contributed by atoms with Crippen molar-refractivity contribution in [3.8, 4) is 5.75 Å². The van der Waals surface area contributed by atoms with Gasteiger partial charge in [-0.25, -0.2) is 0 Å². The monoisotopic (exact) mass is 315 g/mol. The summed E-state index contributed by atoms with van der Waals surface area (Å²) in [6.45, 7) is -0.0106. The van der Waals surface area contributed by atoms with Crippen LogP contribution in [0.5, 0.6) is 5.75 Å². The lowest BCUT2D eigenvalue weighted by Crippen LogP contribution is -2.14. The third-order valence-electron chi connectivity index (χ3n) is 2.72. The molecule has 2 rings (SSSR count). The van der Waals surface area contributed by atoms with E-state index < -0.39 is 11.7 Å². The number of benzene rings is 1. The molecule has 0 aliphatic carbocycles. The van der Waals surface area contributed by atoms with Crippen LogP contribution in [0.1, 0.15) is 16.7 Å². The van der Waals surface area contributed by atoms with Crippen LogP contribution in [0.3, 0.4) is 0 Å². The van der Waals surface area contributed by atoms with Crippen LogP contribution in [-0.4, -0.2) is 14.8 Å². The third-order valence-corrected chi connectivity index (χ3v) is 2.96. The summed E-state index contributed by atoms with van der Waals surface area (Å²) in [4.78, 5) is -0.0979. The normalized spacial score (nSPS) is 11.4. The number of halogens is 3. The van der Waals surface area contributed by atoms with E-state index in [4.69, 9.17) is 22.7 Å². The lowest BCUT2D eigenvalue weighted by molar-refractivity contribution is -0.139. The van der Waals surface area contributed by atoms with E-state index in [-0.39, 0.29) is 22.9 Å². The molecule has 0 radical (unpaired) electrons. The molecule has 1 heterocycles. The Morgan fingerprint density at radius 2 is 2.14 bits per heavy atom. The molecule has 2 aromatic rings. The van der Waals surface area contributed by atoms with E-state index in [2.05, 4.69) is 5.10 Å². The van der Waals surface area contributed by atoms with Crippen molar-refractivity contribution >= 4 is 17.2 Å². The third kappa shape index (κ3) is 3.72. The van der Waals surface area contributed by atoms with Gasteiger partial charge in [0, 0.05) is 24.4 Å². The molecule has 1 aromatic heterocycles. The zero-order valence-electron chi connectivity index (χ0n) is 11.0. The summed E-state index contributed by atoms with van der Waals surface area (Å²) >= 11 is 4.69. The first-order chi connectivity index (χ1) is 9.77. The molecule has 0 fully saturated rings. The van der Waals surface area contributed by atoms with Gasteiger partial charge >= 0.3 is 6.18 Å². The fourth-order valence-electron chi connectivity index (χ4n) is 1.74. The standard InChI is InChI=1S/C13H12F3N3OS/c1-19-6-8(5-18-19)7-20-11-3-2-9(12(17)21)4-10(11)13(14,15)16/h2-6H,7H2,1H3,(H2,17,21). The van der Waals surface area contributed by atoms with Gasteiger partial charge in [-0.2, -0.15) is 18.3 Å². The maximum absolute atomic E-state index is 13.0. The second-order valence-electron chi connectivity index (χ2n) is 4.38. The van der Waals surface area contributed by atoms with Gasteiger partial charge in [0.05, 0.1) is 11.8 Å². The summed E-state index contributed by atoms with van der Waals surface area (Å²) in [7, 11) is 1.71. The Kier molecular flexibility index (Phi) is 4.17. The van der Waals surface area contributed by atoms with Gasteiger partial charge in [0.15, 0.2) is 0 Å². The Labute approximate surface area is 124 Å². The van der Waals surface area contributed by atoms with Crippen molar-refractivity contribution in [2.45, 2.75) is 12.8 Å². The van der Waals surface area contributed by atoms with Gasteiger partial charge < -0.3 is 10.5 Å². The molecule has 0 spiro atoms. The number of ether oxygens (including phenoxy) is 1. The van der Waals surface area contributed by atoms with E-state index in [1.165, 1.54) is 18.3 Å². The molecule has 0 aliphatic rings. The summed E-state index contributed by atoms with van der Waals surface area (Å²) in [5.41, 5.74) is 5.27. The highest BCUT2D eigenvalue weighted by Gasteiger charge is 2.34. The second-order valence-corrected chi connectivity index (χ2v) is 4.82. The molecule has 0 atom stereocenters. The molecule has 21 heavy (non-hydrogen) atoms. The second kappa shape index (κ2) is 5.72. The van der Waals surface area contributed by atoms with Crippen LogP contribution in [-0.2, 0) is 19.8 Å². The number of hydrogen-bond acceptors (Lipinski definition) is 3. The molecular weight excluding hydrogens is 303 g/mol. The zero-order chi connectivity index (χ0) is 15.6. The van der Waals surface area contributed by atoms with Crippen LogP contribution >= 0.6 is 12.2 Å². The first kappa shape index (κ1) is 15.3. The van der Waals surface area contributed by atoms with Crippen LogP contribution in [0.25, 0.3) is 0 Å². The van der Waals surface area contributed by atoms with E-state index in [1.54, 1.807) is 17.9 Å². The molecule has 0 amide bonds. The number of nitrogens with zero attached hydrogens (tertiary/aromatic N) is 2. The molecule has 4 nitrogen and oxygen atoms in total. The summed E-state index contributed by atoms with van der Waals surface area (Å²) in [6, 6.07) is 3.50. The Bertz CT molecular complexity index is 667. The predicted octanol–water partition coefficient (Wildman–Crippen LogP) is 2.65. The van der Waals surface area contributed by atoms with Crippen LogP contribution < -0.4 is 10.5 Å². The van der Waals surface area contributed by atoms with Crippen LogP contribution in [0.15, 0.2) is 30.6 Å². The summed E-state index contributed by atoms with van der Waals surface area (Å²) in [5, 5.41) is 3.92. The number of rotatable bonds is 4. The van der Waals surface area contributed by atoms with Gasteiger partial charge in [-0.3, -0.25) is 4.68 Å². The molecule has 0 aliphatic heterocycles. The number of alkyl halides is 3. The minimum atomic E-state index is -4.55. The highest BCUT2D eigenvalue weighted by Crippen LogP contribution is 2.37. The topological polar surface area (TPSA) is 53.1 Å². The summed E-state index contributed by atoms with van der Waals surface area (Å²) in [6.07, 6.45) is -1.36. The van der Waals surface area contributed by atoms with E-state index in [0.29, 0.717) is 5.56 Å². The number of aromatic nitrogens is 2. The van der Waals surface area contributed by atoms with Crippen LogP contribution in [0.4, 0.5) is 13.2 Å². The van der Waals surface area contributed by atoms with E-state index in [0.717, 1.165) is 6.07 Å². The number of nitrogens with two attached hydrogens (primary N) is 1. The largest absolute Gasteiger partial charge is 0.488 e. The Morgan fingerprint density at radius 1 is 1.43 bits per heavy atom. The fraction of sp³-hybridized carbons (Fsp3) is 0.231. The first-order valence-electron chi connectivity index (χ1n) is 5.89. The van der Waals surface area contributed by atoms with Crippen molar-refractivity contribution < 1.29 is 17.9 Å². The minimum Gasteiger partial charge on any atom is -0.488 e. The molecule has 8 heteroatoms. The van der Waals surface area contributed by atoms with Gasteiger partial charge in [-0.15, -0.1) is 0 Å². The van der Waals surface area contributed by atoms with Crippen molar-refractivity contribution in [3.05, 3.63) is 47.3 Å². The molecule has 0 unspecified atom stereocenters.